The minimum absolute atomic E-state index is 0.0220. The average Bonchev–Trinajstić information content (AvgIpc) is 2.96. The monoisotopic (exact) mass is 528 g/mol. The molecule has 1 saturated heterocycles. The molecule has 2 aliphatic rings. The molecule has 1 atom stereocenters. The van der Waals surface area contributed by atoms with Gasteiger partial charge in [-0.2, -0.15) is 0 Å². The first-order chi connectivity index (χ1) is 18.9. The third-order valence-corrected chi connectivity index (χ3v) is 8.17. The third kappa shape index (κ3) is 6.38. The van der Waals surface area contributed by atoms with Gasteiger partial charge < -0.3 is 16.0 Å². The van der Waals surface area contributed by atoms with Gasteiger partial charge in [0.2, 0.25) is 5.91 Å². The molecule has 5 rings (SSSR count). The Morgan fingerprint density at radius 3 is 2.31 bits per heavy atom. The highest BCUT2D eigenvalue weighted by molar-refractivity contribution is 5.94. The van der Waals surface area contributed by atoms with E-state index in [1.165, 1.54) is 37.7 Å². The lowest BCUT2D eigenvalue weighted by atomic mass is 9.84. The maximum absolute atomic E-state index is 13.2. The van der Waals surface area contributed by atoms with Gasteiger partial charge in [0.25, 0.3) is 5.91 Å². The molecule has 1 aromatic heterocycles. The van der Waals surface area contributed by atoms with Gasteiger partial charge in [0.1, 0.15) is 17.7 Å². The van der Waals surface area contributed by atoms with Gasteiger partial charge in [0, 0.05) is 37.1 Å². The van der Waals surface area contributed by atoms with Crippen molar-refractivity contribution < 1.29 is 9.59 Å². The number of fused-ring (bicyclic) bond motifs is 1. The molecule has 0 unspecified atom stereocenters. The number of amides is 2. The Bertz CT molecular complexity index is 1290. The number of primary amides is 1. The van der Waals surface area contributed by atoms with Gasteiger partial charge >= 0.3 is 0 Å². The highest BCUT2D eigenvalue weighted by atomic mass is 16.2. The minimum atomic E-state index is -0.526. The molecule has 39 heavy (non-hydrogen) atoms. The molecule has 206 valence electrons. The Labute approximate surface area is 231 Å². The number of para-hydroxylation sites is 1. The lowest BCUT2D eigenvalue weighted by Gasteiger charge is -2.34. The Morgan fingerprint density at radius 1 is 0.949 bits per heavy atom. The molecule has 0 spiro atoms. The predicted octanol–water partition coefficient (Wildman–Crippen LogP) is 4.56. The van der Waals surface area contributed by atoms with Crippen LogP contribution in [0.1, 0.15) is 73.6 Å². The summed E-state index contributed by atoms with van der Waals surface area (Å²) in [6.45, 7) is 7.32. The number of anilines is 1. The van der Waals surface area contributed by atoms with Crippen LogP contribution in [-0.4, -0.2) is 63.8 Å². The summed E-state index contributed by atoms with van der Waals surface area (Å²) in [5.41, 5.74) is 8.61. The van der Waals surface area contributed by atoms with E-state index in [2.05, 4.69) is 22.3 Å². The van der Waals surface area contributed by atoms with Crippen LogP contribution in [0, 0.1) is 5.92 Å². The first kappa shape index (κ1) is 27.1. The number of aromatic nitrogens is 2. The lowest BCUT2D eigenvalue weighted by Crippen LogP contribution is -2.48. The Kier molecular flexibility index (Phi) is 8.41. The number of nitrogens with zero attached hydrogens (tertiary/aromatic N) is 4. The number of piperazine rings is 1. The van der Waals surface area contributed by atoms with Crippen LogP contribution in [0.15, 0.2) is 48.5 Å². The maximum Gasteiger partial charge on any atom is 0.253 e. The molecule has 3 aromatic rings. The highest BCUT2D eigenvalue weighted by Gasteiger charge is 2.25. The Balaban J connectivity index is 1.22. The van der Waals surface area contributed by atoms with Gasteiger partial charge in [-0.15, -0.1) is 0 Å². The van der Waals surface area contributed by atoms with E-state index in [1.54, 1.807) is 0 Å². The van der Waals surface area contributed by atoms with Crippen LogP contribution in [0.25, 0.3) is 10.9 Å². The Morgan fingerprint density at radius 2 is 1.64 bits per heavy atom. The molecule has 0 bridgehead atoms. The number of rotatable bonds is 8. The van der Waals surface area contributed by atoms with Gasteiger partial charge in [-0.05, 0) is 54.5 Å². The molecule has 2 fully saturated rings. The van der Waals surface area contributed by atoms with Crippen molar-refractivity contribution in [3.8, 4) is 0 Å². The maximum atomic E-state index is 13.2. The molecular weight excluding hydrogens is 488 g/mol. The number of carbonyl (C=O) groups is 2. The number of hydrogen-bond acceptors (Lipinski definition) is 6. The van der Waals surface area contributed by atoms with E-state index in [0.29, 0.717) is 37.2 Å². The van der Waals surface area contributed by atoms with Crippen LogP contribution in [0.4, 0.5) is 5.82 Å². The fourth-order valence-corrected chi connectivity index (χ4v) is 5.84. The van der Waals surface area contributed by atoms with Crippen LogP contribution in [0.2, 0.25) is 0 Å². The molecule has 0 radical (unpaired) electrons. The number of carbonyl (C=O) groups excluding carboxylic acids is 2. The topological polar surface area (TPSA) is 104 Å². The quantitative estimate of drug-likeness (QED) is 0.444. The summed E-state index contributed by atoms with van der Waals surface area (Å²) in [4.78, 5) is 39.0. The predicted molar refractivity (Wildman–Crippen MR) is 154 cm³/mol. The van der Waals surface area contributed by atoms with Crippen LogP contribution in [-0.2, 0) is 11.3 Å². The standard InChI is InChI=1S/C31H40N6O2/c1-21(2)28(29(32)38)35-30-25-10-6-7-11-26(25)33-27(34-30)20-36-16-18-37(19-17-36)31(39)24-14-12-23(13-15-24)22-8-4-3-5-9-22/h6-7,10-15,21-22,28H,3-5,8-9,16-20H2,1-2H3,(H2,32,38)(H,33,34,35)/t28-/m0/s1. The van der Waals surface area contributed by atoms with Gasteiger partial charge in [-0.25, -0.2) is 9.97 Å². The van der Waals surface area contributed by atoms with Crippen LogP contribution >= 0.6 is 0 Å². The van der Waals surface area contributed by atoms with Crippen LogP contribution in [0.3, 0.4) is 0 Å². The van der Waals surface area contributed by atoms with Crippen molar-refractivity contribution in [3.05, 3.63) is 65.5 Å². The normalized spacial score (nSPS) is 17.9. The Hall–Kier alpha value is -3.52. The smallest absolute Gasteiger partial charge is 0.253 e. The summed E-state index contributed by atoms with van der Waals surface area (Å²) < 4.78 is 0. The number of hydrogen-bond donors (Lipinski definition) is 2. The molecule has 2 aromatic carbocycles. The zero-order valence-corrected chi connectivity index (χ0v) is 23.1. The van der Waals surface area contributed by atoms with E-state index < -0.39 is 11.9 Å². The first-order valence-corrected chi connectivity index (χ1v) is 14.3. The first-order valence-electron chi connectivity index (χ1n) is 14.3. The van der Waals surface area contributed by atoms with Crippen LogP contribution < -0.4 is 11.1 Å². The van der Waals surface area contributed by atoms with Crippen molar-refractivity contribution >= 4 is 28.5 Å². The van der Waals surface area contributed by atoms with E-state index in [9.17, 15) is 9.59 Å². The summed E-state index contributed by atoms with van der Waals surface area (Å²) in [7, 11) is 0. The summed E-state index contributed by atoms with van der Waals surface area (Å²) in [5.74, 6) is 1.67. The van der Waals surface area contributed by atoms with Crippen molar-refractivity contribution in [2.75, 3.05) is 31.5 Å². The highest BCUT2D eigenvalue weighted by Crippen LogP contribution is 2.32. The van der Waals surface area contributed by atoms with Crippen molar-refractivity contribution in [3.63, 3.8) is 0 Å². The molecule has 8 heteroatoms. The third-order valence-electron chi connectivity index (χ3n) is 8.17. The zero-order chi connectivity index (χ0) is 27.4. The second-order valence-corrected chi connectivity index (χ2v) is 11.3. The van der Waals surface area contributed by atoms with Gasteiger partial charge in [-0.3, -0.25) is 14.5 Å². The van der Waals surface area contributed by atoms with Gasteiger partial charge in [0.05, 0.1) is 12.1 Å². The van der Waals surface area contributed by atoms with E-state index >= 15 is 0 Å². The summed E-state index contributed by atoms with van der Waals surface area (Å²) in [5, 5.41) is 4.13. The molecule has 8 nitrogen and oxygen atoms in total. The minimum Gasteiger partial charge on any atom is -0.368 e. The summed E-state index contributed by atoms with van der Waals surface area (Å²) in [6.07, 6.45) is 6.49. The van der Waals surface area contributed by atoms with E-state index in [0.717, 1.165) is 29.6 Å². The van der Waals surface area contributed by atoms with Crippen molar-refractivity contribution in [2.24, 2.45) is 11.7 Å². The van der Waals surface area contributed by atoms with E-state index in [-0.39, 0.29) is 11.8 Å². The summed E-state index contributed by atoms with van der Waals surface area (Å²) in [6, 6.07) is 15.6. The van der Waals surface area contributed by atoms with Gasteiger partial charge in [-0.1, -0.05) is 57.4 Å². The lowest BCUT2D eigenvalue weighted by molar-refractivity contribution is -0.119. The second-order valence-electron chi connectivity index (χ2n) is 11.3. The fraction of sp³-hybridized carbons (Fsp3) is 0.484. The van der Waals surface area contributed by atoms with Crippen molar-refractivity contribution in [1.82, 2.24) is 19.8 Å². The molecule has 1 aliphatic carbocycles. The molecule has 2 heterocycles. The SMILES string of the molecule is CC(C)[C@H](Nc1nc(CN2CCN(C(=O)c3ccc(C4CCCCC4)cc3)CC2)nc2ccccc12)C(N)=O. The zero-order valence-electron chi connectivity index (χ0n) is 23.1. The summed E-state index contributed by atoms with van der Waals surface area (Å²) >= 11 is 0. The number of nitrogens with one attached hydrogen (secondary N) is 1. The van der Waals surface area contributed by atoms with Crippen LogP contribution in [0.5, 0.6) is 0 Å². The van der Waals surface area contributed by atoms with Crippen molar-refractivity contribution in [2.45, 2.75) is 64.5 Å². The van der Waals surface area contributed by atoms with E-state index in [1.807, 2.05) is 55.1 Å². The fourth-order valence-electron chi connectivity index (χ4n) is 5.84. The van der Waals surface area contributed by atoms with E-state index in [4.69, 9.17) is 15.7 Å². The number of nitrogens with two attached hydrogens (primary N) is 1. The molecule has 1 saturated carbocycles. The largest absolute Gasteiger partial charge is 0.368 e. The average molecular weight is 529 g/mol. The number of benzene rings is 2. The second kappa shape index (κ2) is 12.1. The molecule has 2 amide bonds. The molecular formula is C31H40N6O2. The van der Waals surface area contributed by atoms with Crippen molar-refractivity contribution in [1.29, 1.82) is 0 Å². The molecule has 1 aliphatic heterocycles. The van der Waals surface area contributed by atoms with Gasteiger partial charge in [0.15, 0.2) is 0 Å². The molecule has 3 N–H and O–H groups in total.